The highest BCUT2D eigenvalue weighted by molar-refractivity contribution is 6.42. The van der Waals surface area contributed by atoms with Gasteiger partial charge in [0.2, 0.25) is 0 Å². The first kappa shape index (κ1) is 19.0. The zero-order chi connectivity index (χ0) is 20.4. The van der Waals surface area contributed by atoms with Crippen LogP contribution in [0.25, 0.3) is 10.9 Å². The number of aliphatic carboxylic acids is 1. The molecule has 28 heavy (non-hydrogen) atoms. The van der Waals surface area contributed by atoms with Crippen LogP contribution in [-0.2, 0) is 16.0 Å². The number of carbonyl (C=O) groups excluding carboxylic acids is 2. The summed E-state index contributed by atoms with van der Waals surface area (Å²) < 4.78 is 17.6. The van der Waals surface area contributed by atoms with E-state index in [9.17, 15) is 23.9 Å². The van der Waals surface area contributed by atoms with Crippen molar-refractivity contribution >= 4 is 28.6 Å². The lowest BCUT2D eigenvalue weighted by Crippen LogP contribution is -2.15. The number of pyridine rings is 1. The minimum atomic E-state index is -1.72. The minimum Gasteiger partial charge on any atom is -0.505 e. The summed E-state index contributed by atoms with van der Waals surface area (Å²) in [6, 6.07) is 8.25. The summed E-state index contributed by atoms with van der Waals surface area (Å²) in [4.78, 5) is 39.3. The van der Waals surface area contributed by atoms with Crippen LogP contribution in [0.1, 0.15) is 31.8 Å². The molecule has 2 N–H and O–H groups in total. The van der Waals surface area contributed by atoms with E-state index in [0.29, 0.717) is 12.0 Å². The summed E-state index contributed by atoms with van der Waals surface area (Å²) in [6.45, 7) is 0. The van der Waals surface area contributed by atoms with E-state index < -0.39 is 23.5 Å². The molecule has 0 aliphatic heterocycles. The number of carboxylic acid groups (broad SMARTS) is 1. The van der Waals surface area contributed by atoms with Crippen molar-refractivity contribution in [2.45, 2.75) is 6.42 Å². The van der Waals surface area contributed by atoms with E-state index in [1.54, 1.807) is 12.1 Å². The van der Waals surface area contributed by atoms with Gasteiger partial charge in [0.25, 0.3) is 5.78 Å². The maximum atomic E-state index is 13.1. The average Bonchev–Trinajstić information content (AvgIpc) is 2.69. The van der Waals surface area contributed by atoms with Crippen LogP contribution in [0.2, 0.25) is 0 Å². The van der Waals surface area contributed by atoms with E-state index in [1.807, 2.05) is 0 Å². The quantitative estimate of drug-likeness (QED) is 0.396. The largest absolute Gasteiger partial charge is 0.505 e. The van der Waals surface area contributed by atoms with Crippen molar-refractivity contribution in [2.24, 2.45) is 0 Å². The van der Waals surface area contributed by atoms with Gasteiger partial charge in [-0.25, -0.2) is 14.0 Å². The molecular formula is C20H14FNO6. The van der Waals surface area contributed by atoms with Gasteiger partial charge in [-0.2, -0.15) is 0 Å². The Morgan fingerprint density at radius 3 is 2.36 bits per heavy atom. The molecule has 7 nitrogen and oxygen atoms in total. The molecule has 0 atom stereocenters. The van der Waals surface area contributed by atoms with Crippen molar-refractivity contribution in [3.63, 3.8) is 0 Å². The van der Waals surface area contributed by atoms with Gasteiger partial charge < -0.3 is 14.9 Å². The van der Waals surface area contributed by atoms with Crippen molar-refractivity contribution in [3.05, 3.63) is 70.7 Å². The lowest BCUT2D eigenvalue weighted by molar-refractivity contribution is -0.131. The number of Topliss-reactive ketones (excluding diaryl/α,β-unsaturated/α-hetero) is 1. The number of phenolic OH excluding ortho intramolecular Hbond substituents is 1. The molecule has 0 spiro atoms. The fourth-order valence-electron chi connectivity index (χ4n) is 2.82. The molecule has 0 saturated carbocycles. The number of ether oxygens (including phenoxy) is 1. The Balaban J connectivity index is 2.18. The molecule has 0 aliphatic carbocycles. The molecular weight excluding hydrogens is 369 g/mol. The number of rotatable bonds is 5. The minimum absolute atomic E-state index is 0.0807. The van der Waals surface area contributed by atoms with Crippen LogP contribution in [0.5, 0.6) is 5.75 Å². The summed E-state index contributed by atoms with van der Waals surface area (Å²) in [6.07, 6.45) is 1.75. The normalized spacial score (nSPS) is 10.6. The van der Waals surface area contributed by atoms with Crippen LogP contribution in [0.3, 0.4) is 0 Å². The predicted octanol–water partition coefficient (Wildman–Crippen LogP) is 2.72. The van der Waals surface area contributed by atoms with Crippen molar-refractivity contribution in [1.82, 2.24) is 4.98 Å². The van der Waals surface area contributed by atoms with Gasteiger partial charge in [0.05, 0.1) is 7.11 Å². The molecule has 0 aliphatic rings. The number of phenols is 1. The first-order valence-corrected chi connectivity index (χ1v) is 8.06. The number of carbonyl (C=O) groups is 3. The maximum Gasteiger partial charge on any atom is 0.377 e. The van der Waals surface area contributed by atoms with Crippen LogP contribution in [0, 0.1) is 5.82 Å². The number of halogens is 1. The average molecular weight is 383 g/mol. The molecule has 1 heterocycles. The molecule has 2 aromatic carbocycles. The highest BCUT2D eigenvalue weighted by atomic mass is 19.1. The maximum absolute atomic E-state index is 13.1. The number of hydrogen-bond donors (Lipinski definition) is 2. The Bertz CT molecular complexity index is 1110. The van der Waals surface area contributed by atoms with Crippen molar-refractivity contribution < 1.29 is 33.7 Å². The van der Waals surface area contributed by atoms with Crippen molar-refractivity contribution in [1.29, 1.82) is 0 Å². The second-order valence-corrected chi connectivity index (χ2v) is 5.99. The van der Waals surface area contributed by atoms with Crippen LogP contribution in [0.4, 0.5) is 4.39 Å². The number of nitrogens with zero attached hydrogens (tertiary/aromatic N) is 1. The summed E-state index contributed by atoms with van der Waals surface area (Å²) in [7, 11) is 1.09. The summed E-state index contributed by atoms with van der Waals surface area (Å²) in [5, 5.41) is 19.5. The Morgan fingerprint density at radius 2 is 1.75 bits per heavy atom. The number of carboxylic acids is 1. The second-order valence-electron chi connectivity index (χ2n) is 5.99. The summed E-state index contributed by atoms with van der Waals surface area (Å²) in [5.41, 5.74) is 0.607. The number of aromatic nitrogens is 1. The van der Waals surface area contributed by atoms with Crippen molar-refractivity contribution in [3.8, 4) is 5.75 Å². The highest BCUT2D eigenvalue weighted by Crippen LogP contribution is 2.32. The number of hydrogen-bond acceptors (Lipinski definition) is 6. The zero-order valence-electron chi connectivity index (χ0n) is 14.6. The molecule has 8 heteroatoms. The predicted molar refractivity (Wildman–Crippen MR) is 95.9 cm³/mol. The highest BCUT2D eigenvalue weighted by Gasteiger charge is 2.25. The number of aromatic hydroxyl groups is 1. The molecule has 3 rings (SSSR count). The van der Waals surface area contributed by atoms with Crippen LogP contribution >= 0.6 is 0 Å². The van der Waals surface area contributed by atoms with E-state index in [-0.39, 0.29) is 27.8 Å². The van der Waals surface area contributed by atoms with E-state index in [4.69, 9.17) is 5.11 Å². The molecule has 0 bridgehead atoms. The Kier molecular flexibility index (Phi) is 5.04. The first-order valence-electron chi connectivity index (χ1n) is 8.06. The summed E-state index contributed by atoms with van der Waals surface area (Å²) in [5.74, 6) is -4.80. The number of benzene rings is 2. The van der Waals surface area contributed by atoms with E-state index in [0.717, 1.165) is 18.7 Å². The van der Waals surface area contributed by atoms with E-state index in [2.05, 4.69) is 9.72 Å². The smallest absolute Gasteiger partial charge is 0.377 e. The topological polar surface area (TPSA) is 114 Å². The van der Waals surface area contributed by atoms with Crippen LogP contribution < -0.4 is 0 Å². The molecule has 0 radical (unpaired) electrons. The molecule has 142 valence electrons. The van der Waals surface area contributed by atoms with Crippen LogP contribution in [-0.4, -0.2) is 40.0 Å². The third-order valence-corrected chi connectivity index (χ3v) is 4.17. The van der Waals surface area contributed by atoms with Gasteiger partial charge in [-0.1, -0.05) is 12.1 Å². The third-order valence-electron chi connectivity index (χ3n) is 4.17. The molecule has 0 saturated heterocycles. The first-order chi connectivity index (χ1) is 13.3. The van der Waals surface area contributed by atoms with Gasteiger partial charge in [0.15, 0.2) is 5.75 Å². The Morgan fingerprint density at radius 1 is 1.07 bits per heavy atom. The van der Waals surface area contributed by atoms with Gasteiger partial charge in [-0.05, 0) is 41.8 Å². The fourth-order valence-corrected chi connectivity index (χ4v) is 2.82. The standard InChI is InChI=1S/C20H14FNO6/c1-28-20(27)15-8-14(18(24)19(25)26)13-7-11(9-22-16(13)17(15)23)6-10-2-4-12(21)5-3-10/h2-5,7-9,23H,6H2,1H3,(H,25,26). The Hall–Kier alpha value is -3.81. The van der Waals surface area contributed by atoms with E-state index >= 15 is 0 Å². The monoisotopic (exact) mass is 383 g/mol. The molecule has 0 amide bonds. The third kappa shape index (κ3) is 3.52. The number of fused-ring (bicyclic) bond motifs is 1. The number of ketones is 1. The molecule has 3 aromatic rings. The van der Waals surface area contributed by atoms with Crippen molar-refractivity contribution in [2.75, 3.05) is 7.11 Å². The van der Waals surface area contributed by atoms with E-state index in [1.165, 1.54) is 24.4 Å². The lowest BCUT2D eigenvalue weighted by atomic mass is 9.97. The van der Waals surface area contributed by atoms with Gasteiger partial charge in [-0.3, -0.25) is 9.78 Å². The van der Waals surface area contributed by atoms with Gasteiger partial charge in [0.1, 0.15) is 16.9 Å². The van der Waals surface area contributed by atoms with Gasteiger partial charge >= 0.3 is 11.9 Å². The number of methoxy groups -OCH3 is 1. The number of esters is 1. The zero-order valence-corrected chi connectivity index (χ0v) is 14.6. The molecule has 0 unspecified atom stereocenters. The summed E-state index contributed by atoms with van der Waals surface area (Å²) >= 11 is 0. The lowest BCUT2D eigenvalue weighted by Gasteiger charge is -2.11. The second kappa shape index (κ2) is 7.43. The van der Waals surface area contributed by atoms with Gasteiger partial charge in [0, 0.05) is 17.1 Å². The van der Waals surface area contributed by atoms with Gasteiger partial charge in [-0.15, -0.1) is 0 Å². The Labute approximate surface area is 158 Å². The van der Waals surface area contributed by atoms with Crippen LogP contribution in [0.15, 0.2) is 42.6 Å². The molecule has 1 aromatic heterocycles. The SMILES string of the molecule is COC(=O)c1cc(C(=O)C(=O)O)c2cc(Cc3ccc(F)cc3)cnc2c1O. The molecule has 0 fully saturated rings. The fraction of sp³-hybridized carbons (Fsp3) is 0.100.